The highest BCUT2D eigenvalue weighted by atomic mass is 35.5. The first kappa shape index (κ1) is 20.1. The lowest BCUT2D eigenvalue weighted by atomic mass is 9.78. The molecular formula is C21H25ClN2O2. The molecule has 0 bridgehead atoms. The van der Waals surface area contributed by atoms with Gasteiger partial charge in [-0.15, -0.1) is 0 Å². The molecule has 1 unspecified atom stereocenters. The van der Waals surface area contributed by atoms with Crippen LogP contribution in [-0.4, -0.2) is 11.1 Å². The molecule has 1 aromatic carbocycles. The monoisotopic (exact) mass is 372 g/mol. The summed E-state index contributed by atoms with van der Waals surface area (Å²) >= 11 is 6.00. The van der Waals surface area contributed by atoms with Crippen LogP contribution in [0.15, 0.2) is 46.8 Å². The van der Waals surface area contributed by atoms with Gasteiger partial charge in [-0.1, -0.05) is 51.4 Å². The van der Waals surface area contributed by atoms with E-state index in [0.29, 0.717) is 41.0 Å². The Morgan fingerprint density at radius 2 is 1.69 bits per heavy atom. The fraction of sp³-hybridized carbons (Fsp3) is 0.429. The van der Waals surface area contributed by atoms with Gasteiger partial charge in [0.05, 0.1) is 23.1 Å². The first-order valence-electron chi connectivity index (χ1n) is 8.86. The smallest absolute Gasteiger partial charge is 0.334 e. The van der Waals surface area contributed by atoms with Gasteiger partial charge in [-0.05, 0) is 42.4 Å². The minimum absolute atomic E-state index is 0.255. The molecule has 0 saturated carbocycles. The van der Waals surface area contributed by atoms with Crippen LogP contribution in [0.2, 0.25) is 5.02 Å². The molecule has 2 N–H and O–H groups in total. The summed E-state index contributed by atoms with van der Waals surface area (Å²) in [6.07, 6.45) is 1.31. The van der Waals surface area contributed by atoms with Crippen molar-refractivity contribution in [1.82, 2.24) is 5.32 Å². The number of nitrogens with one attached hydrogen (secondary N) is 1. The molecule has 1 aliphatic heterocycles. The van der Waals surface area contributed by atoms with Gasteiger partial charge >= 0.3 is 5.97 Å². The summed E-state index contributed by atoms with van der Waals surface area (Å²) in [5, 5.41) is 23.6. The molecular weight excluding hydrogens is 348 g/mol. The Labute approximate surface area is 160 Å². The number of allylic oxidation sites excluding steroid dienone is 3. The molecule has 0 saturated heterocycles. The third-order valence-electron chi connectivity index (χ3n) is 4.31. The molecule has 138 valence electrons. The molecule has 1 heterocycles. The fourth-order valence-corrected chi connectivity index (χ4v) is 3.45. The maximum absolute atomic E-state index is 12.1. The molecule has 1 aromatic rings. The molecule has 1 aliphatic rings. The van der Waals surface area contributed by atoms with Crippen molar-refractivity contribution < 1.29 is 9.90 Å². The van der Waals surface area contributed by atoms with E-state index in [-0.39, 0.29) is 5.57 Å². The Morgan fingerprint density at radius 1 is 1.15 bits per heavy atom. The zero-order valence-electron chi connectivity index (χ0n) is 15.6. The van der Waals surface area contributed by atoms with Gasteiger partial charge in [-0.3, -0.25) is 0 Å². The quantitative estimate of drug-likeness (QED) is 0.716. The van der Waals surface area contributed by atoms with Crippen molar-refractivity contribution >= 4 is 17.6 Å². The highest BCUT2D eigenvalue weighted by molar-refractivity contribution is 6.30. The van der Waals surface area contributed by atoms with Crippen molar-refractivity contribution in [3.63, 3.8) is 0 Å². The molecule has 2 rings (SSSR count). The molecule has 0 radical (unpaired) electrons. The van der Waals surface area contributed by atoms with Crippen LogP contribution >= 0.6 is 11.6 Å². The van der Waals surface area contributed by atoms with Gasteiger partial charge in [-0.2, -0.15) is 5.26 Å². The Kier molecular flexibility index (Phi) is 6.50. The SMILES string of the molecule is CC(C)CC1=C(C#N)C(c2ccc(Cl)cc2)C(C(=O)O)=C(CC(C)C)N1. The summed E-state index contributed by atoms with van der Waals surface area (Å²) < 4.78 is 0. The summed E-state index contributed by atoms with van der Waals surface area (Å²) in [7, 11) is 0. The summed E-state index contributed by atoms with van der Waals surface area (Å²) in [6, 6.07) is 9.34. The van der Waals surface area contributed by atoms with Crippen LogP contribution < -0.4 is 5.32 Å². The number of benzene rings is 1. The van der Waals surface area contributed by atoms with E-state index in [0.717, 1.165) is 11.3 Å². The third kappa shape index (κ3) is 4.47. The Morgan fingerprint density at radius 3 is 2.15 bits per heavy atom. The summed E-state index contributed by atoms with van der Waals surface area (Å²) in [4.78, 5) is 12.1. The molecule has 4 nitrogen and oxygen atoms in total. The van der Waals surface area contributed by atoms with Crippen LogP contribution in [0, 0.1) is 23.2 Å². The minimum Gasteiger partial charge on any atom is -0.478 e. The van der Waals surface area contributed by atoms with E-state index in [4.69, 9.17) is 11.6 Å². The van der Waals surface area contributed by atoms with Crippen LogP contribution in [0.25, 0.3) is 0 Å². The number of nitrogens with zero attached hydrogens (tertiary/aromatic N) is 1. The zero-order chi connectivity index (χ0) is 19.4. The van der Waals surface area contributed by atoms with Crippen molar-refractivity contribution in [1.29, 1.82) is 5.26 Å². The number of hydrogen-bond donors (Lipinski definition) is 2. The molecule has 0 fully saturated rings. The van der Waals surface area contributed by atoms with E-state index in [1.165, 1.54) is 0 Å². The number of halogens is 1. The van der Waals surface area contributed by atoms with E-state index in [1.54, 1.807) is 24.3 Å². The normalized spacial score (nSPS) is 17.5. The maximum Gasteiger partial charge on any atom is 0.334 e. The first-order chi connectivity index (χ1) is 12.2. The highest BCUT2D eigenvalue weighted by Crippen LogP contribution is 2.40. The molecule has 0 amide bonds. The molecule has 1 atom stereocenters. The molecule has 0 aliphatic carbocycles. The second kappa shape index (κ2) is 8.42. The van der Waals surface area contributed by atoms with Crippen molar-refractivity contribution in [2.24, 2.45) is 11.8 Å². The summed E-state index contributed by atoms with van der Waals surface area (Å²) in [5.41, 5.74) is 3.02. The van der Waals surface area contributed by atoms with E-state index < -0.39 is 11.9 Å². The van der Waals surface area contributed by atoms with E-state index in [1.807, 2.05) is 0 Å². The zero-order valence-corrected chi connectivity index (χ0v) is 16.4. The number of carboxylic acids is 1. The number of nitriles is 1. The fourth-order valence-electron chi connectivity index (χ4n) is 3.32. The van der Waals surface area contributed by atoms with Crippen LogP contribution in [0.1, 0.15) is 52.0 Å². The Hall–Kier alpha value is -2.25. The largest absolute Gasteiger partial charge is 0.478 e. The Bertz CT molecular complexity index is 783. The molecule has 5 heteroatoms. The van der Waals surface area contributed by atoms with Gasteiger partial charge in [0.2, 0.25) is 0 Å². The van der Waals surface area contributed by atoms with Gasteiger partial charge < -0.3 is 10.4 Å². The van der Waals surface area contributed by atoms with Crippen LogP contribution in [-0.2, 0) is 4.79 Å². The Balaban J connectivity index is 2.69. The summed E-state index contributed by atoms with van der Waals surface area (Å²) in [6.45, 7) is 8.27. The van der Waals surface area contributed by atoms with Crippen molar-refractivity contribution in [3.8, 4) is 6.07 Å². The molecule has 26 heavy (non-hydrogen) atoms. The minimum atomic E-state index is -0.996. The predicted octanol–water partition coefficient (Wildman–Crippen LogP) is 5.24. The van der Waals surface area contributed by atoms with Gasteiger partial charge in [0.25, 0.3) is 0 Å². The predicted molar refractivity (Wildman–Crippen MR) is 104 cm³/mol. The summed E-state index contributed by atoms with van der Waals surface area (Å²) in [5.74, 6) is -0.942. The number of hydrogen-bond acceptors (Lipinski definition) is 3. The van der Waals surface area contributed by atoms with Crippen molar-refractivity contribution in [2.75, 3.05) is 0 Å². The van der Waals surface area contributed by atoms with Gasteiger partial charge in [-0.25, -0.2) is 4.79 Å². The van der Waals surface area contributed by atoms with E-state index >= 15 is 0 Å². The number of dihydropyridines is 1. The van der Waals surface area contributed by atoms with Crippen LogP contribution in [0.5, 0.6) is 0 Å². The van der Waals surface area contributed by atoms with Crippen LogP contribution in [0.4, 0.5) is 0 Å². The third-order valence-corrected chi connectivity index (χ3v) is 4.56. The van der Waals surface area contributed by atoms with E-state index in [9.17, 15) is 15.2 Å². The second-order valence-corrected chi connectivity index (χ2v) is 7.94. The number of aliphatic carboxylic acids is 1. The molecule has 0 aromatic heterocycles. The standard InChI is InChI=1S/C21H25ClN2O2/c1-12(2)9-17-16(11-23)19(14-5-7-15(22)8-6-14)20(21(25)26)18(24-17)10-13(3)4/h5-8,12-13,19,24H,9-10H2,1-4H3,(H,25,26). The van der Waals surface area contributed by atoms with Crippen LogP contribution in [0.3, 0.4) is 0 Å². The topological polar surface area (TPSA) is 73.1 Å². The lowest BCUT2D eigenvalue weighted by molar-refractivity contribution is -0.133. The van der Waals surface area contributed by atoms with Gasteiger partial charge in [0.1, 0.15) is 0 Å². The maximum atomic E-state index is 12.1. The average molecular weight is 373 g/mol. The highest BCUT2D eigenvalue weighted by Gasteiger charge is 2.35. The van der Waals surface area contributed by atoms with Crippen molar-refractivity contribution in [2.45, 2.75) is 46.5 Å². The van der Waals surface area contributed by atoms with Gasteiger partial charge in [0.15, 0.2) is 0 Å². The number of carboxylic acid groups (broad SMARTS) is 1. The van der Waals surface area contributed by atoms with E-state index in [2.05, 4.69) is 39.1 Å². The number of rotatable bonds is 6. The lowest BCUT2D eigenvalue weighted by Crippen LogP contribution is -2.31. The number of carbonyl (C=O) groups is 1. The average Bonchev–Trinajstić information content (AvgIpc) is 2.53. The first-order valence-corrected chi connectivity index (χ1v) is 9.24. The lowest BCUT2D eigenvalue weighted by Gasteiger charge is -2.31. The second-order valence-electron chi connectivity index (χ2n) is 7.51. The molecule has 0 spiro atoms. The van der Waals surface area contributed by atoms with Gasteiger partial charge in [0, 0.05) is 16.4 Å². The van der Waals surface area contributed by atoms with Crippen molar-refractivity contribution in [3.05, 3.63) is 57.4 Å².